The van der Waals surface area contributed by atoms with Crippen molar-refractivity contribution in [2.75, 3.05) is 6.79 Å². The van der Waals surface area contributed by atoms with Gasteiger partial charge in [0.2, 0.25) is 0 Å². The van der Waals surface area contributed by atoms with Crippen LogP contribution in [0, 0.1) is 5.92 Å². The van der Waals surface area contributed by atoms with Gasteiger partial charge in [0.1, 0.15) is 11.5 Å². The molecule has 158 valence electrons. The van der Waals surface area contributed by atoms with Gasteiger partial charge in [-0.25, -0.2) is 0 Å². The topological polar surface area (TPSA) is 44.8 Å². The Morgan fingerprint density at radius 2 is 1.33 bits per heavy atom. The van der Waals surface area contributed by atoms with Gasteiger partial charge in [-0.1, -0.05) is 48.6 Å². The Morgan fingerprint density at radius 3 is 1.83 bits per heavy atom. The summed E-state index contributed by atoms with van der Waals surface area (Å²) in [4.78, 5) is 12.5. The second-order valence-corrected chi connectivity index (χ2v) is 7.93. The summed E-state index contributed by atoms with van der Waals surface area (Å²) in [6.07, 6.45) is 3.29. The molecule has 2 aromatic rings. The summed E-state index contributed by atoms with van der Waals surface area (Å²) in [5, 5.41) is 0. The van der Waals surface area contributed by atoms with Crippen molar-refractivity contribution in [3.8, 4) is 11.5 Å². The molecule has 1 aliphatic rings. The van der Waals surface area contributed by atoms with Crippen LogP contribution in [-0.2, 0) is 9.53 Å². The summed E-state index contributed by atoms with van der Waals surface area (Å²) >= 11 is 0. The first-order chi connectivity index (χ1) is 14.4. The van der Waals surface area contributed by atoms with Gasteiger partial charge in [-0.2, -0.15) is 0 Å². The fourth-order valence-corrected chi connectivity index (χ4v) is 3.51. The molecular weight excluding hydrogens is 376 g/mol. The molecule has 0 radical (unpaired) electrons. The molecule has 0 atom stereocenters. The van der Waals surface area contributed by atoms with E-state index < -0.39 is 0 Å². The van der Waals surface area contributed by atoms with Crippen molar-refractivity contribution in [3.63, 3.8) is 0 Å². The van der Waals surface area contributed by atoms with E-state index in [4.69, 9.17) is 14.2 Å². The molecule has 0 aliphatic heterocycles. The summed E-state index contributed by atoms with van der Waals surface area (Å²) in [6, 6.07) is 15.3. The summed E-state index contributed by atoms with van der Waals surface area (Å²) in [7, 11) is 0. The van der Waals surface area contributed by atoms with Crippen LogP contribution >= 0.6 is 0 Å². The summed E-state index contributed by atoms with van der Waals surface area (Å²) in [5.74, 6) is 1.11. The van der Waals surface area contributed by atoms with Crippen molar-refractivity contribution >= 4 is 17.1 Å². The Labute approximate surface area is 179 Å². The van der Waals surface area contributed by atoms with Crippen LogP contribution < -0.4 is 9.47 Å². The molecule has 4 heteroatoms. The molecule has 3 rings (SSSR count). The Morgan fingerprint density at radius 1 is 0.833 bits per heavy atom. The molecule has 1 fully saturated rings. The molecule has 2 aromatic carbocycles. The van der Waals surface area contributed by atoms with E-state index in [1.807, 2.05) is 62.4 Å². The minimum Gasteiger partial charge on any atom is -0.468 e. The number of benzene rings is 2. The molecule has 1 aliphatic carbocycles. The summed E-state index contributed by atoms with van der Waals surface area (Å²) < 4.78 is 17.1. The van der Waals surface area contributed by atoms with Crippen molar-refractivity contribution in [1.29, 1.82) is 0 Å². The number of rotatable bonds is 8. The van der Waals surface area contributed by atoms with E-state index in [9.17, 15) is 4.79 Å². The smallest absolute Gasteiger partial charge is 0.314 e. The molecule has 0 spiro atoms. The van der Waals surface area contributed by atoms with Gasteiger partial charge in [0.05, 0.1) is 12.0 Å². The zero-order valence-corrected chi connectivity index (χ0v) is 17.9. The fourth-order valence-electron chi connectivity index (χ4n) is 3.51. The van der Waals surface area contributed by atoms with Gasteiger partial charge in [-0.15, -0.1) is 0 Å². The Kier molecular flexibility index (Phi) is 7.47. The van der Waals surface area contributed by atoms with E-state index >= 15 is 0 Å². The minimum absolute atomic E-state index is 0.0822. The van der Waals surface area contributed by atoms with Gasteiger partial charge < -0.3 is 14.2 Å². The largest absolute Gasteiger partial charge is 0.468 e. The number of ether oxygens (including phenoxy) is 3. The predicted molar refractivity (Wildman–Crippen MR) is 120 cm³/mol. The monoisotopic (exact) mass is 406 g/mol. The van der Waals surface area contributed by atoms with Crippen LogP contribution in [0.2, 0.25) is 0 Å². The average molecular weight is 407 g/mol. The molecule has 30 heavy (non-hydrogen) atoms. The van der Waals surface area contributed by atoms with Crippen LogP contribution in [0.5, 0.6) is 11.5 Å². The average Bonchev–Trinajstić information content (AvgIpc) is 2.75. The number of esters is 1. The van der Waals surface area contributed by atoms with E-state index in [0.717, 1.165) is 53.7 Å². The van der Waals surface area contributed by atoms with Crippen molar-refractivity contribution in [2.45, 2.75) is 45.6 Å². The second-order valence-electron chi connectivity index (χ2n) is 7.93. The highest BCUT2D eigenvalue weighted by Gasteiger charge is 2.28. The molecule has 0 unspecified atom stereocenters. The number of allylic oxidation sites excluding steroid dienone is 2. The molecular formula is C26H30O4. The van der Waals surface area contributed by atoms with Gasteiger partial charge in [0.25, 0.3) is 0 Å². The highest BCUT2D eigenvalue weighted by molar-refractivity contribution is 5.75. The molecule has 0 amide bonds. The van der Waals surface area contributed by atoms with Gasteiger partial charge >= 0.3 is 5.97 Å². The number of carbonyl (C=O) groups is 1. The van der Waals surface area contributed by atoms with E-state index in [2.05, 4.69) is 13.2 Å². The maximum absolute atomic E-state index is 12.5. The van der Waals surface area contributed by atoms with E-state index in [1.54, 1.807) is 0 Å². The third-order valence-corrected chi connectivity index (χ3v) is 5.45. The van der Waals surface area contributed by atoms with Crippen LogP contribution in [0.3, 0.4) is 0 Å². The van der Waals surface area contributed by atoms with Crippen LogP contribution in [0.4, 0.5) is 0 Å². The zero-order valence-electron chi connectivity index (χ0n) is 17.9. The highest BCUT2D eigenvalue weighted by Crippen LogP contribution is 2.28. The summed E-state index contributed by atoms with van der Waals surface area (Å²) in [5.41, 5.74) is 4.15. The van der Waals surface area contributed by atoms with Crippen molar-refractivity contribution in [1.82, 2.24) is 0 Å². The first kappa shape index (κ1) is 21.8. The number of carbonyl (C=O) groups excluding carboxylic acids is 1. The molecule has 0 saturated heterocycles. The SMILES string of the molecule is C=C(C)c1ccc(OCOC2CCC(C(=O)Oc3ccc(C(=C)C)cc3)CC2)cc1. The van der Waals surface area contributed by atoms with Crippen LogP contribution in [-0.4, -0.2) is 18.9 Å². The van der Waals surface area contributed by atoms with Crippen molar-refractivity contribution in [2.24, 2.45) is 5.92 Å². The Bertz CT molecular complexity index is 872. The molecule has 0 bridgehead atoms. The zero-order chi connectivity index (χ0) is 21.5. The van der Waals surface area contributed by atoms with Gasteiger partial charge in [-0.3, -0.25) is 4.79 Å². The minimum atomic E-state index is -0.162. The molecule has 0 aromatic heterocycles. The maximum atomic E-state index is 12.5. The van der Waals surface area contributed by atoms with Gasteiger partial charge in [0, 0.05) is 0 Å². The van der Waals surface area contributed by atoms with Crippen LogP contribution in [0.15, 0.2) is 61.7 Å². The molecule has 0 N–H and O–H groups in total. The predicted octanol–water partition coefficient (Wildman–Crippen LogP) is 6.27. The summed E-state index contributed by atoms with van der Waals surface area (Å²) in [6.45, 7) is 12.0. The number of hydrogen-bond acceptors (Lipinski definition) is 4. The fraction of sp³-hybridized carbons (Fsp3) is 0.346. The molecule has 1 saturated carbocycles. The lowest BCUT2D eigenvalue weighted by molar-refractivity contribution is -0.141. The van der Waals surface area contributed by atoms with Crippen LogP contribution in [0.25, 0.3) is 11.1 Å². The lowest BCUT2D eigenvalue weighted by Gasteiger charge is -2.27. The molecule has 4 nitrogen and oxygen atoms in total. The Balaban J connectivity index is 1.38. The third kappa shape index (κ3) is 6.07. The van der Waals surface area contributed by atoms with Crippen molar-refractivity contribution < 1.29 is 19.0 Å². The highest BCUT2D eigenvalue weighted by atomic mass is 16.7. The lowest BCUT2D eigenvalue weighted by Crippen LogP contribution is -2.29. The van der Waals surface area contributed by atoms with E-state index in [1.165, 1.54) is 0 Å². The first-order valence-corrected chi connectivity index (χ1v) is 10.4. The second kappa shape index (κ2) is 10.3. The normalized spacial score (nSPS) is 18.5. The first-order valence-electron chi connectivity index (χ1n) is 10.4. The maximum Gasteiger partial charge on any atom is 0.314 e. The van der Waals surface area contributed by atoms with Crippen molar-refractivity contribution in [3.05, 3.63) is 72.8 Å². The Hall–Kier alpha value is -2.85. The van der Waals surface area contributed by atoms with E-state index in [0.29, 0.717) is 5.75 Å². The quantitative estimate of drug-likeness (QED) is 0.294. The molecule has 0 heterocycles. The standard InChI is InChI=1S/C26H30O4/c1-18(2)20-5-11-23(12-6-20)28-17-29-24-13-9-22(10-14-24)26(27)30-25-15-7-21(8-16-25)19(3)4/h5-8,11-12,15-16,22,24H,1,3,9-10,13-14,17H2,2,4H3. The van der Waals surface area contributed by atoms with E-state index in [-0.39, 0.29) is 24.8 Å². The lowest BCUT2D eigenvalue weighted by atomic mass is 9.87. The third-order valence-electron chi connectivity index (χ3n) is 5.45. The number of hydrogen-bond donors (Lipinski definition) is 0. The van der Waals surface area contributed by atoms with Gasteiger partial charge in [0.15, 0.2) is 6.79 Å². The van der Waals surface area contributed by atoms with Gasteiger partial charge in [-0.05, 0) is 74.9 Å². The van der Waals surface area contributed by atoms with Crippen LogP contribution in [0.1, 0.15) is 50.7 Å².